The summed E-state index contributed by atoms with van der Waals surface area (Å²) >= 11 is 3.51. The van der Waals surface area contributed by atoms with E-state index in [9.17, 15) is 4.79 Å². The van der Waals surface area contributed by atoms with Gasteiger partial charge in [0.25, 0.3) is 0 Å². The molecule has 3 rings (SSSR count). The van der Waals surface area contributed by atoms with Crippen LogP contribution in [0.25, 0.3) is 0 Å². The number of hydrogen-bond acceptors (Lipinski definition) is 2. The number of likely N-dealkylation sites (tertiary alicyclic amines) is 1. The third-order valence-electron chi connectivity index (χ3n) is 4.56. The van der Waals surface area contributed by atoms with E-state index in [-0.39, 0.29) is 0 Å². The fourth-order valence-electron chi connectivity index (χ4n) is 3.40. The lowest BCUT2D eigenvalue weighted by molar-refractivity contribution is -0.128. The van der Waals surface area contributed by atoms with Crippen molar-refractivity contribution < 1.29 is 4.79 Å². The number of anilines is 1. The molecule has 2 fully saturated rings. The molecule has 21 heavy (non-hydrogen) atoms. The van der Waals surface area contributed by atoms with Crippen molar-refractivity contribution in [1.82, 2.24) is 4.90 Å². The molecule has 4 heteroatoms. The van der Waals surface area contributed by atoms with E-state index in [1.165, 1.54) is 30.5 Å². The largest absolute Gasteiger partial charge is 0.371 e. The monoisotopic (exact) mass is 350 g/mol. The molecule has 0 N–H and O–H groups in total. The van der Waals surface area contributed by atoms with E-state index in [4.69, 9.17) is 0 Å². The van der Waals surface area contributed by atoms with Crippen LogP contribution in [0.5, 0.6) is 0 Å². The van der Waals surface area contributed by atoms with Crippen LogP contribution in [0.15, 0.2) is 24.3 Å². The molecule has 0 saturated carbocycles. The van der Waals surface area contributed by atoms with Gasteiger partial charge in [0.15, 0.2) is 0 Å². The van der Waals surface area contributed by atoms with Gasteiger partial charge in [-0.15, -0.1) is 0 Å². The summed E-state index contributed by atoms with van der Waals surface area (Å²) in [6, 6.07) is 8.59. The molecule has 1 atom stereocenters. The summed E-state index contributed by atoms with van der Waals surface area (Å²) in [5, 5.41) is 0.920. The fourth-order valence-corrected chi connectivity index (χ4v) is 3.84. The number of amides is 1. The van der Waals surface area contributed by atoms with E-state index in [1.807, 2.05) is 4.90 Å². The van der Waals surface area contributed by atoms with Gasteiger partial charge in [0.05, 0.1) is 0 Å². The van der Waals surface area contributed by atoms with Gasteiger partial charge < -0.3 is 9.80 Å². The number of para-hydroxylation sites is 1. The summed E-state index contributed by atoms with van der Waals surface area (Å²) in [6.07, 6.45) is 4.60. The second-order valence-corrected chi connectivity index (χ2v) is 6.82. The molecule has 0 spiro atoms. The van der Waals surface area contributed by atoms with E-state index < -0.39 is 0 Å². The minimum Gasteiger partial charge on any atom is -0.371 e. The topological polar surface area (TPSA) is 23.6 Å². The third-order valence-corrected chi connectivity index (χ3v) is 5.48. The van der Waals surface area contributed by atoms with Crippen molar-refractivity contribution in [3.05, 3.63) is 29.8 Å². The van der Waals surface area contributed by atoms with Gasteiger partial charge in [0.1, 0.15) is 0 Å². The maximum absolute atomic E-state index is 12.1. The first-order valence-corrected chi connectivity index (χ1v) is 9.06. The Balaban J connectivity index is 1.74. The SMILES string of the molecule is O=C1CC(CBr)CN1Cc1ccccc1N1CCCCC1. The van der Waals surface area contributed by atoms with Gasteiger partial charge in [-0.3, -0.25) is 4.79 Å². The number of halogens is 1. The first-order valence-electron chi connectivity index (χ1n) is 7.94. The lowest BCUT2D eigenvalue weighted by Gasteiger charge is -2.31. The maximum Gasteiger partial charge on any atom is 0.223 e. The summed E-state index contributed by atoms with van der Waals surface area (Å²) in [5.74, 6) is 0.771. The fraction of sp³-hybridized carbons (Fsp3) is 0.588. The second kappa shape index (κ2) is 6.82. The van der Waals surface area contributed by atoms with Crippen LogP contribution >= 0.6 is 15.9 Å². The molecule has 0 radical (unpaired) electrons. The highest BCUT2D eigenvalue weighted by Gasteiger charge is 2.29. The molecule has 0 bridgehead atoms. The number of rotatable bonds is 4. The third kappa shape index (κ3) is 3.42. The van der Waals surface area contributed by atoms with Crippen molar-refractivity contribution in [1.29, 1.82) is 0 Å². The smallest absolute Gasteiger partial charge is 0.223 e. The normalized spacial score (nSPS) is 22.9. The Hall–Kier alpha value is -1.03. The molecule has 2 saturated heterocycles. The lowest BCUT2D eigenvalue weighted by Crippen LogP contribution is -2.31. The Labute approximate surface area is 135 Å². The van der Waals surface area contributed by atoms with Crippen molar-refractivity contribution in [2.45, 2.75) is 32.2 Å². The van der Waals surface area contributed by atoms with Gasteiger partial charge in [-0.25, -0.2) is 0 Å². The van der Waals surface area contributed by atoms with Crippen LogP contribution < -0.4 is 4.90 Å². The van der Waals surface area contributed by atoms with Crippen LogP contribution in [-0.4, -0.2) is 35.8 Å². The van der Waals surface area contributed by atoms with Crippen molar-refractivity contribution in [2.24, 2.45) is 5.92 Å². The summed E-state index contributed by atoms with van der Waals surface area (Å²) in [6.45, 7) is 3.94. The van der Waals surface area contributed by atoms with Crippen molar-refractivity contribution in [3.63, 3.8) is 0 Å². The number of carbonyl (C=O) groups excluding carboxylic acids is 1. The molecule has 3 nitrogen and oxygen atoms in total. The molecule has 0 aromatic heterocycles. The second-order valence-electron chi connectivity index (χ2n) is 6.18. The van der Waals surface area contributed by atoms with Gasteiger partial charge in [0.2, 0.25) is 5.91 Å². The van der Waals surface area contributed by atoms with Crippen LogP contribution in [0, 0.1) is 5.92 Å². The first-order chi connectivity index (χ1) is 10.3. The molecule has 2 aliphatic heterocycles. The van der Waals surface area contributed by atoms with Gasteiger partial charge in [-0.1, -0.05) is 34.1 Å². The number of piperidine rings is 1. The highest BCUT2D eigenvalue weighted by atomic mass is 79.9. The molecule has 114 valence electrons. The van der Waals surface area contributed by atoms with Crippen molar-refractivity contribution in [2.75, 3.05) is 29.9 Å². The van der Waals surface area contributed by atoms with E-state index in [0.29, 0.717) is 18.2 Å². The van der Waals surface area contributed by atoms with E-state index >= 15 is 0 Å². The van der Waals surface area contributed by atoms with Gasteiger partial charge in [-0.2, -0.15) is 0 Å². The van der Waals surface area contributed by atoms with E-state index in [0.717, 1.165) is 31.5 Å². The van der Waals surface area contributed by atoms with Gasteiger partial charge in [0, 0.05) is 43.6 Å². The zero-order chi connectivity index (χ0) is 14.7. The van der Waals surface area contributed by atoms with Crippen LogP contribution in [0.4, 0.5) is 5.69 Å². The van der Waals surface area contributed by atoms with Crippen LogP contribution in [0.1, 0.15) is 31.2 Å². The highest BCUT2D eigenvalue weighted by molar-refractivity contribution is 9.09. The predicted molar refractivity (Wildman–Crippen MR) is 89.8 cm³/mol. The molecule has 2 aliphatic rings. The molecular weight excluding hydrogens is 328 g/mol. The minimum atomic E-state index is 0.299. The zero-order valence-corrected chi connectivity index (χ0v) is 14.0. The zero-order valence-electron chi connectivity index (χ0n) is 12.4. The summed E-state index contributed by atoms with van der Waals surface area (Å²) in [4.78, 5) is 16.6. The van der Waals surface area contributed by atoms with Gasteiger partial charge in [-0.05, 0) is 36.8 Å². The average Bonchev–Trinajstić information content (AvgIpc) is 2.89. The number of alkyl halides is 1. The van der Waals surface area contributed by atoms with Crippen molar-refractivity contribution in [3.8, 4) is 0 Å². The Morgan fingerprint density at radius 3 is 2.62 bits per heavy atom. The minimum absolute atomic E-state index is 0.299. The number of nitrogens with zero attached hydrogens (tertiary/aromatic N) is 2. The quantitative estimate of drug-likeness (QED) is 0.776. The van der Waals surface area contributed by atoms with Crippen LogP contribution in [0.3, 0.4) is 0 Å². The molecule has 1 unspecified atom stereocenters. The molecule has 1 aromatic carbocycles. The number of benzene rings is 1. The molecular formula is C17H23BrN2O. The van der Waals surface area contributed by atoms with Crippen LogP contribution in [-0.2, 0) is 11.3 Å². The van der Waals surface area contributed by atoms with E-state index in [2.05, 4.69) is 45.1 Å². The van der Waals surface area contributed by atoms with Crippen LogP contribution in [0.2, 0.25) is 0 Å². The molecule has 1 aromatic rings. The Bertz CT molecular complexity index is 499. The Kier molecular flexibility index (Phi) is 4.84. The summed E-state index contributed by atoms with van der Waals surface area (Å²) in [5.41, 5.74) is 2.62. The Morgan fingerprint density at radius 2 is 1.90 bits per heavy atom. The van der Waals surface area contributed by atoms with E-state index in [1.54, 1.807) is 0 Å². The molecule has 0 aliphatic carbocycles. The standard InChI is InChI=1S/C17H23BrN2O/c18-11-14-10-17(21)20(12-14)13-15-6-2-3-7-16(15)19-8-4-1-5-9-19/h2-3,6-7,14H,1,4-5,8-13H2. The lowest BCUT2D eigenvalue weighted by atomic mass is 10.1. The van der Waals surface area contributed by atoms with Crippen molar-refractivity contribution >= 4 is 27.5 Å². The number of carbonyl (C=O) groups is 1. The molecule has 2 heterocycles. The average molecular weight is 351 g/mol. The number of hydrogen-bond donors (Lipinski definition) is 0. The molecule has 1 amide bonds. The first kappa shape index (κ1) is 14.9. The van der Waals surface area contributed by atoms with Gasteiger partial charge >= 0.3 is 0 Å². The summed E-state index contributed by atoms with van der Waals surface area (Å²) < 4.78 is 0. The predicted octanol–water partition coefficient (Wildman–Crippen LogP) is 3.42. The summed E-state index contributed by atoms with van der Waals surface area (Å²) in [7, 11) is 0. The maximum atomic E-state index is 12.1. The Morgan fingerprint density at radius 1 is 1.14 bits per heavy atom. The highest BCUT2D eigenvalue weighted by Crippen LogP contribution is 2.28.